The van der Waals surface area contributed by atoms with Crippen LogP contribution in [0.4, 0.5) is 0 Å². The maximum atomic E-state index is 11.0. The first kappa shape index (κ1) is 9.74. The molecule has 13 heavy (non-hydrogen) atoms. The summed E-state index contributed by atoms with van der Waals surface area (Å²) in [4.78, 5) is 11.0. The van der Waals surface area contributed by atoms with Gasteiger partial charge >= 0.3 is 0 Å². The zero-order valence-electron chi connectivity index (χ0n) is 7.66. The highest BCUT2D eigenvalue weighted by atomic mass is 16.1. The van der Waals surface area contributed by atoms with Gasteiger partial charge in [0, 0.05) is 11.6 Å². The summed E-state index contributed by atoms with van der Waals surface area (Å²) in [6, 6.07) is 7.08. The standard InChI is InChI=1S/C10H14N2O/c1-2-9(11)7-5-3-4-6-8(7)10(12)13/h3-6,9H,2,11H2,1H3,(H2,12,13)/t9-/m0/s1. The maximum absolute atomic E-state index is 11.0. The molecule has 4 N–H and O–H groups in total. The van der Waals surface area contributed by atoms with E-state index in [2.05, 4.69) is 0 Å². The molecule has 0 aliphatic rings. The van der Waals surface area contributed by atoms with E-state index in [1.807, 2.05) is 19.1 Å². The lowest BCUT2D eigenvalue weighted by Crippen LogP contribution is -2.18. The van der Waals surface area contributed by atoms with Crippen LogP contribution in [0.25, 0.3) is 0 Å². The Hall–Kier alpha value is -1.35. The van der Waals surface area contributed by atoms with Crippen molar-refractivity contribution in [2.45, 2.75) is 19.4 Å². The molecule has 0 heterocycles. The number of amides is 1. The van der Waals surface area contributed by atoms with E-state index in [4.69, 9.17) is 11.5 Å². The normalized spacial score (nSPS) is 12.5. The number of carbonyl (C=O) groups excluding carboxylic acids is 1. The predicted octanol–water partition coefficient (Wildman–Crippen LogP) is 1.20. The summed E-state index contributed by atoms with van der Waals surface area (Å²) < 4.78 is 0. The predicted molar refractivity (Wildman–Crippen MR) is 52.2 cm³/mol. The first-order valence-electron chi connectivity index (χ1n) is 4.31. The van der Waals surface area contributed by atoms with Crippen LogP contribution in [0.1, 0.15) is 35.3 Å². The lowest BCUT2D eigenvalue weighted by Gasteiger charge is -2.12. The molecule has 1 atom stereocenters. The Labute approximate surface area is 77.7 Å². The number of primary amides is 1. The van der Waals surface area contributed by atoms with Gasteiger partial charge in [0.1, 0.15) is 0 Å². The topological polar surface area (TPSA) is 69.1 Å². The molecule has 0 unspecified atom stereocenters. The van der Waals surface area contributed by atoms with Crippen LogP contribution in [0, 0.1) is 0 Å². The molecule has 1 rings (SSSR count). The highest BCUT2D eigenvalue weighted by molar-refractivity contribution is 5.94. The van der Waals surface area contributed by atoms with Gasteiger partial charge in [-0.05, 0) is 18.1 Å². The Morgan fingerprint density at radius 2 is 2.08 bits per heavy atom. The summed E-state index contributed by atoms with van der Waals surface area (Å²) in [7, 11) is 0. The Balaban J connectivity index is 3.11. The number of hydrogen-bond donors (Lipinski definition) is 2. The SMILES string of the molecule is CC[C@H](N)c1ccccc1C(N)=O. The summed E-state index contributed by atoms with van der Waals surface area (Å²) >= 11 is 0. The van der Waals surface area contributed by atoms with E-state index in [1.54, 1.807) is 12.1 Å². The van der Waals surface area contributed by atoms with Crippen LogP contribution in [0.2, 0.25) is 0 Å². The third kappa shape index (κ3) is 2.06. The minimum atomic E-state index is -0.417. The molecule has 0 aromatic heterocycles. The molecule has 3 heteroatoms. The van der Waals surface area contributed by atoms with E-state index in [-0.39, 0.29) is 6.04 Å². The van der Waals surface area contributed by atoms with Crippen molar-refractivity contribution in [3.8, 4) is 0 Å². The first-order chi connectivity index (χ1) is 6.16. The second-order valence-electron chi connectivity index (χ2n) is 2.97. The van der Waals surface area contributed by atoms with Gasteiger partial charge in [0.05, 0.1) is 0 Å². The van der Waals surface area contributed by atoms with Gasteiger partial charge in [0.25, 0.3) is 0 Å². The third-order valence-electron chi connectivity index (χ3n) is 2.07. The van der Waals surface area contributed by atoms with Crippen molar-refractivity contribution in [1.82, 2.24) is 0 Å². The van der Waals surface area contributed by atoms with Crippen LogP contribution in [0.5, 0.6) is 0 Å². The van der Waals surface area contributed by atoms with E-state index < -0.39 is 5.91 Å². The van der Waals surface area contributed by atoms with Crippen LogP contribution >= 0.6 is 0 Å². The summed E-state index contributed by atoms with van der Waals surface area (Å²) in [6.07, 6.45) is 0.796. The molecular formula is C10H14N2O. The second kappa shape index (κ2) is 4.05. The van der Waals surface area contributed by atoms with Gasteiger partial charge in [-0.15, -0.1) is 0 Å². The van der Waals surface area contributed by atoms with E-state index in [9.17, 15) is 4.79 Å². The summed E-state index contributed by atoms with van der Waals surface area (Å²) in [5.74, 6) is -0.417. The fourth-order valence-corrected chi connectivity index (χ4v) is 1.26. The third-order valence-corrected chi connectivity index (χ3v) is 2.07. The monoisotopic (exact) mass is 178 g/mol. The van der Waals surface area contributed by atoms with Gasteiger partial charge in [-0.2, -0.15) is 0 Å². The van der Waals surface area contributed by atoms with Crippen molar-refractivity contribution < 1.29 is 4.79 Å². The Morgan fingerprint density at radius 3 is 2.62 bits per heavy atom. The van der Waals surface area contributed by atoms with Crippen molar-refractivity contribution in [3.63, 3.8) is 0 Å². The van der Waals surface area contributed by atoms with Crippen LogP contribution in [0.15, 0.2) is 24.3 Å². The Morgan fingerprint density at radius 1 is 1.46 bits per heavy atom. The van der Waals surface area contributed by atoms with Gasteiger partial charge in [0.15, 0.2) is 0 Å². The van der Waals surface area contributed by atoms with Crippen molar-refractivity contribution in [2.24, 2.45) is 11.5 Å². The number of benzene rings is 1. The smallest absolute Gasteiger partial charge is 0.249 e. The van der Waals surface area contributed by atoms with E-state index in [0.29, 0.717) is 5.56 Å². The number of rotatable bonds is 3. The molecule has 1 aromatic rings. The Kier molecular flexibility index (Phi) is 3.03. The quantitative estimate of drug-likeness (QED) is 0.730. The van der Waals surface area contributed by atoms with Gasteiger partial charge < -0.3 is 11.5 Å². The molecule has 1 amide bonds. The fourth-order valence-electron chi connectivity index (χ4n) is 1.26. The molecule has 0 aliphatic heterocycles. The van der Waals surface area contributed by atoms with E-state index >= 15 is 0 Å². The molecule has 0 saturated heterocycles. The number of carbonyl (C=O) groups is 1. The first-order valence-corrected chi connectivity index (χ1v) is 4.31. The number of hydrogen-bond acceptors (Lipinski definition) is 2. The molecule has 0 fully saturated rings. The van der Waals surface area contributed by atoms with Gasteiger partial charge in [-0.3, -0.25) is 4.79 Å². The van der Waals surface area contributed by atoms with Gasteiger partial charge in [0.2, 0.25) is 5.91 Å². The largest absolute Gasteiger partial charge is 0.366 e. The lowest BCUT2D eigenvalue weighted by molar-refractivity contribution is 0.0999. The average molecular weight is 178 g/mol. The molecule has 0 aliphatic carbocycles. The molecular weight excluding hydrogens is 164 g/mol. The van der Waals surface area contributed by atoms with E-state index in [0.717, 1.165) is 12.0 Å². The van der Waals surface area contributed by atoms with Crippen molar-refractivity contribution in [3.05, 3.63) is 35.4 Å². The molecule has 3 nitrogen and oxygen atoms in total. The summed E-state index contributed by atoms with van der Waals surface area (Å²) in [5, 5.41) is 0. The highest BCUT2D eigenvalue weighted by Crippen LogP contribution is 2.17. The van der Waals surface area contributed by atoms with Crippen LogP contribution in [-0.2, 0) is 0 Å². The molecule has 0 bridgehead atoms. The second-order valence-corrected chi connectivity index (χ2v) is 2.97. The minimum Gasteiger partial charge on any atom is -0.366 e. The Bertz CT molecular complexity index is 310. The van der Waals surface area contributed by atoms with Crippen molar-refractivity contribution in [1.29, 1.82) is 0 Å². The van der Waals surface area contributed by atoms with E-state index in [1.165, 1.54) is 0 Å². The summed E-state index contributed by atoms with van der Waals surface area (Å²) in [5.41, 5.74) is 12.4. The van der Waals surface area contributed by atoms with Crippen molar-refractivity contribution >= 4 is 5.91 Å². The molecule has 0 saturated carbocycles. The highest BCUT2D eigenvalue weighted by Gasteiger charge is 2.11. The number of nitrogens with two attached hydrogens (primary N) is 2. The van der Waals surface area contributed by atoms with Crippen LogP contribution in [-0.4, -0.2) is 5.91 Å². The van der Waals surface area contributed by atoms with Gasteiger partial charge in [-0.25, -0.2) is 0 Å². The molecule has 0 radical (unpaired) electrons. The fraction of sp³-hybridized carbons (Fsp3) is 0.300. The van der Waals surface area contributed by atoms with Gasteiger partial charge in [-0.1, -0.05) is 25.1 Å². The molecule has 0 spiro atoms. The van der Waals surface area contributed by atoms with Crippen molar-refractivity contribution in [2.75, 3.05) is 0 Å². The van der Waals surface area contributed by atoms with Crippen LogP contribution < -0.4 is 11.5 Å². The zero-order valence-corrected chi connectivity index (χ0v) is 7.66. The van der Waals surface area contributed by atoms with Crippen LogP contribution in [0.3, 0.4) is 0 Å². The molecule has 70 valence electrons. The zero-order chi connectivity index (χ0) is 9.84. The lowest BCUT2D eigenvalue weighted by atomic mass is 9.99. The summed E-state index contributed by atoms with van der Waals surface area (Å²) in [6.45, 7) is 1.97. The minimum absolute atomic E-state index is 0.108. The average Bonchev–Trinajstić information content (AvgIpc) is 2.16. The molecule has 1 aromatic carbocycles. The maximum Gasteiger partial charge on any atom is 0.249 e.